The lowest BCUT2D eigenvalue weighted by Gasteiger charge is -2.23. The van der Waals surface area contributed by atoms with Crippen LogP contribution in [0.3, 0.4) is 0 Å². The van der Waals surface area contributed by atoms with Crippen LogP contribution in [0.2, 0.25) is 0 Å². The lowest BCUT2D eigenvalue weighted by Crippen LogP contribution is -2.30. The highest BCUT2D eigenvalue weighted by molar-refractivity contribution is 7.99. The summed E-state index contributed by atoms with van der Waals surface area (Å²) in [4.78, 5) is 1.23. The predicted molar refractivity (Wildman–Crippen MR) is 80.1 cm³/mol. The van der Waals surface area contributed by atoms with Crippen molar-refractivity contribution in [2.24, 2.45) is 11.7 Å². The van der Waals surface area contributed by atoms with Gasteiger partial charge in [0.1, 0.15) is 0 Å². The predicted octanol–water partition coefficient (Wildman–Crippen LogP) is 2.69. The lowest BCUT2D eigenvalue weighted by molar-refractivity contribution is 0.249. The smallest absolute Gasteiger partial charge is 0.0635 e. The maximum atomic E-state index is 9.40. The van der Waals surface area contributed by atoms with E-state index < -0.39 is 0 Å². The number of thioether (sulfide) groups is 1. The molecule has 1 aromatic rings. The maximum Gasteiger partial charge on any atom is 0.0635 e. The fraction of sp³-hybridized carbons (Fsp3) is 0.571. The second-order valence-corrected chi connectivity index (χ2v) is 5.90. The first-order chi connectivity index (χ1) is 8.63. The number of aliphatic hydroxyl groups excluding tert-OH is 1. The Hall–Kier alpha value is -0.710. The van der Waals surface area contributed by atoms with Crippen molar-refractivity contribution in [3.05, 3.63) is 23.8 Å². The molecule has 0 aliphatic rings. The number of nitrogens with two attached hydrogens (primary N) is 1. The summed E-state index contributed by atoms with van der Waals surface area (Å²) >= 11 is 1.80. The number of anilines is 1. The zero-order valence-corrected chi connectivity index (χ0v) is 12.3. The van der Waals surface area contributed by atoms with E-state index in [1.165, 1.54) is 4.90 Å². The minimum Gasteiger partial charge on any atom is -0.394 e. The molecular weight excluding hydrogens is 244 g/mol. The van der Waals surface area contributed by atoms with Crippen molar-refractivity contribution in [3.8, 4) is 0 Å². The molecule has 1 aromatic carbocycles. The highest BCUT2D eigenvalue weighted by Crippen LogP contribution is 2.29. The van der Waals surface area contributed by atoms with Crippen molar-refractivity contribution >= 4 is 17.4 Å². The van der Waals surface area contributed by atoms with E-state index in [0.717, 1.165) is 17.0 Å². The van der Waals surface area contributed by atoms with E-state index in [1.807, 2.05) is 12.1 Å². The number of nitrogens with one attached hydrogen (secondary N) is 1. The Bertz CT molecular complexity index is 369. The number of hydrogen-bond donors (Lipinski definition) is 3. The minimum absolute atomic E-state index is 0.0668. The molecule has 0 fully saturated rings. The van der Waals surface area contributed by atoms with Crippen molar-refractivity contribution in [2.75, 3.05) is 17.7 Å². The molecule has 4 N–H and O–H groups in total. The molecule has 0 aliphatic heterocycles. The van der Waals surface area contributed by atoms with Crippen molar-refractivity contribution < 1.29 is 5.11 Å². The Morgan fingerprint density at radius 1 is 1.39 bits per heavy atom. The quantitative estimate of drug-likeness (QED) is 0.666. The molecule has 4 heteroatoms. The normalized spacial score (nSPS) is 12.8. The summed E-state index contributed by atoms with van der Waals surface area (Å²) in [7, 11) is 0. The molecule has 0 aromatic heterocycles. The molecule has 0 saturated carbocycles. The average molecular weight is 268 g/mol. The molecule has 1 unspecified atom stereocenters. The van der Waals surface area contributed by atoms with E-state index in [1.54, 1.807) is 11.8 Å². The molecule has 0 bridgehead atoms. The summed E-state index contributed by atoms with van der Waals surface area (Å²) in [5.74, 6) is 1.41. The van der Waals surface area contributed by atoms with Crippen molar-refractivity contribution in [1.29, 1.82) is 0 Å². The van der Waals surface area contributed by atoms with E-state index in [-0.39, 0.29) is 12.6 Å². The molecule has 0 radical (unpaired) electrons. The number of hydrogen-bond acceptors (Lipinski definition) is 4. The van der Waals surface area contributed by atoms with Gasteiger partial charge in [-0.05, 0) is 23.8 Å². The first kappa shape index (κ1) is 15.3. The summed E-state index contributed by atoms with van der Waals surface area (Å²) in [6, 6.07) is 6.24. The molecule has 0 heterocycles. The summed E-state index contributed by atoms with van der Waals surface area (Å²) < 4.78 is 0. The van der Waals surface area contributed by atoms with Crippen LogP contribution in [0.5, 0.6) is 0 Å². The Kier molecular flexibility index (Phi) is 6.54. The van der Waals surface area contributed by atoms with Crippen LogP contribution in [0.25, 0.3) is 0 Å². The monoisotopic (exact) mass is 268 g/mol. The van der Waals surface area contributed by atoms with E-state index >= 15 is 0 Å². The highest BCUT2D eigenvalue weighted by Gasteiger charge is 2.14. The number of aliphatic hydroxyl groups is 1. The Morgan fingerprint density at radius 2 is 2.11 bits per heavy atom. The molecule has 0 saturated heterocycles. The van der Waals surface area contributed by atoms with E-state index in [9.17, 15) is 5.11 Å². The standard InChI is InChI=1S/C14H24N2OS/c1-4-18-14-7-5-6-12(11(14)8-15)16-13(9-17)10(2)3/h5-7,10,13,16-17H,4,8-9,15H2,1-3H3. The summed E-state index contributed by atoms with van der Waals surface area (Å²) in [5.41, 5.74) is 8.05. The summed E-state index contributed by atoms with van der Waals surface area (Å²) in [5, 5.41) is 12.8. The Labute approximate surface area is 114 Å². The van der Waals surface area contributed by atoms with Gasteiger partial charge in [0, 0.05) is 22.7 Å². The van der Waals surface area contributed by atoms with Crippen molar-refractivity contribution in [2.45, 2.75) is 38.3 Å². The van der Waals surface area contributed by atoms with E-state index in [0.29, 0.717) is 12.5 Å². The zero-order chi connectivity index (χ0) is 13.5. The van der Waals surface area contributed by atoms with Gasteiger partial charge in [-0.25, -0.2) is 0 Å². The van der Waals surface area contributed by atoms with E-state index in [2.05, 4.69) is 32.2 Å². The van der Waals surface area contributed by atoms with Crippen LogP contribution in [0.15, 0.2) is 23.1 Å². The van der Waals surface area contributed by atoms with Gasteiger partial charge in [-0.3, -0.25) is 0 Å². The van der Waals surface area contributed by atoms with Crippen LogP contribution >= 0.6 is 11.8 Å². The van der Waals surface area contributed by atoms with Gasteiger partial charge >= 0.3 is 0 Å². The molecule has 102 valence electrons. The molecule has 0 amide bonds. The maximum absolute atomic E-state index is 9.40. The fourth-order valence-corrected chi connectivity index (χ4v) is 2.68. The molecular formula is C14H24N2OS. The summed E-state index contributed by atoms with van der Waals surface area (Å²) in [6.07, 6.45) is 0. The average Bonchev–Trinajstić information content (AvgIpc) is 2.36. The van der Waals surface area contributed by atoms with Crippen LogP contribution in [-0.4, -0.2) is 23.5 Å². The molecule has 0 spiro atoms. The first-order valence-electron chi connectivity index (χ1n) is 6.46. The topological polar surface area (TPSA) is 58.3 Å². The van der Waals surface area contributed by atoms with Crippen LogP contribution in [0, 0.1) is 5.92 Å². The lowest BCUT2D eigenvalue weighted by atomic mass is 10.0. The fourth-order valence-electron chi connectivity index (χ4n) is 1.83. The van der Waals surface area contributed by atoms with Gasteiger partial charge in [-0.1, -0.05) is 26.8 Å². The Morgan fingerprint density at radius 3 is 2.61 bits per heavy atom. The Balaban J connectivity index is 2.97. The third-order valence-electron chi connectivity index (χ3n) is 2.98. The van der Waals surface area contributed by atoms with Gasteiger partial charge in [0.05, 0.1) is 12.6 Å². The second-order valence-electron chi connectivity index (χ2n) is 4.60. The van der Waals surface area contributed by atoms with Gasteiger partial charge in [0.25, 0.3) is 0 Å². The van der Waals surface area contributed by atoms with E-state index in [4.69, 9.17) is 5.73 Å². The van der Waals surface area contributed by atoms with Gasteiger partial charge in [-0.15, -0.1) is 11.8 Å². The molecule has 3 nitrogen and oxygen atoms in total. The van der Waals surface area contributed by atoms with Crippen LogP contribution in [0.1, 0.15) is 26.3 Å². The van der Waals surface area contributed by atoms with Crippen LogP contribution in [0.4, 0.5) is 5.69 Å². The first-order valence-corrected chi connectivity index (χ1v) is 7.44. The number of rotatable bonds is 7. The van der Waals surface area contributed by atoms with Gasteiger partial charge in [0.15, 0.2) is 0 Å². The third kappa shape index (κ3) is 3.90. The highest BCUT2D eigenvalue weighted by atomic mass is 32.2. The zero-order valence-electron chi connectivity index (χ0n) is 11.4. The molecule has 1 atom stereocenters. The molecule has 0 aliphatic carbocycles. The van der Waals surface area contributed by atoms with Gasteiger partial charge in [0.2, 0.25) is 0 Å². The van der Waals surface area contributed by atoms with Crippen LogP contribution < -0.4 is 11.1 Å². The van der Waals surface area contributed by atoms with Gasteiger partial charge < -0.3 is 16.2 Å². The second kappa shape index (κ2) is 7.67. The largest absolute Gasteiger partial charge is 0.394 e. The molecule has 18 heavy (non-hydrogen) atoms. The SMILES string of the molecule is CCSc1cccc(NC(CO)C(C)C)c1CN. The number of benzene rings is 1. The van der Waals surface area contributed by atoms with Crippen LogP contribution in [-0.2, 0) is 6.54 Å². The molecule has 1 rings (SSSR count). The third-order valence-corrected chi connectivity index (χ3v) is 3.96. The van der Waals surface area contributed by atoms with Crippen molar-refractivity contribution in [1.82, 2.24) is 0 Å². The van der Waals surface area contributed by atoms with Gasteiger partial charge in [-0.2, -0.15) is 0 Å². The summed E-state index contributed by atoms with van der Waals surface area (Å²) in [6.45, 7) is 6.98. The minimum atomic E-state index is 0.0668. The van der Waals surface area contributed by atoms with Crippen molar-refractivity contribution in [3.63, 3.8) is 0 Å².